The number of fused-ring (bicyclic) bond motifs is 4. The van der Waals surface area contributed by atoms with E-state index in [1.165, 1.54) is 30.6 Å². The molecule has 0 radical (unpaired) electrons. The molecule has 6 rings (SSSR count). The number of para-hydroxylation sites is 2. The van der Waals surface area contributed by atoms with E-state index in [-0.39, 0.29) is 0 Å². The topological polar surface area (TPSA) is 49.7 Å². The predicted molar refractivity (Wildman–Crippen MR) is 103 cm³/mol. The van der Waals surface area contributed by atoms with Crippen LogP contribution in [0.3, 0.4) is 0 Å². The normalized spacial score (nSPS) is 18.3. The van der Waals surface area contributed by atoms with Crippen molar-refractivity contribution in [2.45, 2.75) is 38.4 Å². The SMILES string of the molecule is c1ccc2[nH]c(-c3ccc4c(c3)nc3n4CCN(C4CCC4)C3)nc2c1. The molecule has 0 spiro atoms. The average Bonchev–Trinajstić information content (AvgIpc) is 3.20. The Kier molecular flexibility index (Phi) is 3.02. The van der Waals surface area contributed by atoms with Crippen LogP contribution in [0.4, 0.5) is 0 Å². The molecule has 2 aliphatic rings. The molecule has 5 nitrogen and oxygen atoms in total. The molecule has 0 unspecified atom stereocenters. The van der Waals surface area contributed by atoms with E-state index in [2.05, 4.69) is 38.7 Å². The summed E-state index contributed by atoms with van der Waals surface area (Å²) in [6, 6.07) is 15.5. The third kappa shape index (κ3) is 2.13. The highest BCUT2D eigenvalue weighted by molar-refractivity contribution is 5.84. The zero-order valence-electron chi connectivity index (χ0n) is 14.7. The number of H-pyrrole nitrogens is 1. The van der Waals surface area contributed by atoms with Crippen molar-refractivity contribution in [3.63, 3.8) is 0 Å². The second kappa shape index (κ2) is 5.42. The summed E-state index contributed by atoms with van der Waals surface area (Å²) < 4.78 is 2.40. The number of benzene rings is 2. The molecule has 26 heavy (non-hydrogen) atoms. The number of aromatic nitrogens is 4. The number of hydrogen-bond donors (Lipinski definition) is 1. The molecule has 130 valence electrons. The molecule has 1 aliphatic heterocycles. The van der Waals surface area contributed by atoms with E-state index in [1.807, 2.05) is 18.2 Å². The molecule has 1 N–H and O–H groups in total. The average molecular weight is 343 g/mol. The molecule has 0 atom stereocenters. The smallest absolute Gasteiger partial charge is 0.138 e. The second-order valence-electron chi connectivity index (χ2n) is 7.54. The van der Waals surface area contributed by atoms with Gasteiger partial charge in [-0.25, -0.2) is 9.97 Å². The standard InChI is InChI=1S/C21H21N5/c1-2-7-17-16(6-1)23-21(24-17)14-8-9-19-18(12-14)22-20-13-25(10-11-26(19)20)15-4-3-5-15/h1-2,6-9,12,15H,3-5,10-11,13H2,(H,23,24). The molecule has 4 aromatic rings. The van der Waals surface area contributed by atoms with Crippen LogP contribution >= 0.6 is 0 Å². The summed E-state index contributed by atoms with van der Waals surface area (Å²) in [4.78, 5) is 15.7. The van der Waals surface area contributed by atoms with Gasteiger partial charge in [0.25, 0.3) is 0 Å². The Hall–Kier alpha value is -2.66. The van der Waals surface area contributed by atoms with Crippen LogP contribution in [0.15, 0.2) is 42.5 Å². The van der Waals surface area contributed by atoms with Crippen molar-refractivity contribution in [3.8, 4) is 11.4 Å². The number of imidazole rings is 2. The zero-order valence-corrected chi connectivity index (χ0v) is 14.7. The van der Waals surface area contributed by atoms with E-state index >= 15 is 0 Å². The highest BCUT2D eigenvalue weighted by atomic mass is 15.3. The van der Waals surface area contributed by atoms with Crippen LogP contribution in [-0.2, 0) is 13.1 Å². The first kappa shape index (κ1) is 14.5. The number of aromatic amines is 1. The van der Waals surface area contributed by atoms with Crippen molar-refractivity contribution < 1.29 is 0 Å². The summed E-state index contributed by atoms with van der Waals surface area (Å²) in [7, 11) is 0. The number of rotatable bonds is 2. The quantitative estimate of drug-likeness (QED) is 0.599. The third-order valence-corrected chi connectivity index (χ3v) is 6.04. The van der Waals surface area contributed by atoms with Crippen LogP contribution < -0.4 is 0 Å². The maximum atomic E-state index is 4.96. The first-order valence-electron chi connectivity index (χ1n) is 9.53. The summed E-state index contributed by atoms with van der Waals surface area (Å²) in [5.74, 6) is 2.12. The molecule has 2 aromatic carbocycles. The lowest BCUT2D eigenvalue weighted by atomic mass is 9.91. The molecular weight excluding hydrogens is 322 g/mol. The van der Waals surface area contributed by atoms with E-state index in [9.17, 15) is 0 Å². The van der Waals surface area contributed by atoms with Gasteiger partial charge in [0.2, 0.25) is 0 Å². The summed E-state index contributed by atoms with van der Waals surface area (Å²) in [5.41, 5.74) is 5.49. The molecule has 5 heteroatoms. The maximum Gasteiger partial charge on any atom is 0.138 e. The van der Waals surface area contributed by atoms with Gasteiger partial charge in [0.05, 0.1) is 28.6 Å². The van der Waals surface area contributed by atoms with Gasteiger partial charge < -0.3 is 9.55 Å². The van der Waals surface area contributed by atoms with Crippen LogP contribution in [-0.4, -0.2) is 37.0 Å². The van der Waals surface area contributed by atoms with Gasteiger partial charge in [0.15, 0.2) is 0 Å². The van der Waals surface area contributed by atoms with Gasteiger partial charge in [-0.05, 0) is 43.2 Å². The fraction of sp³-hybridized carbons (Fsp3) is 0.333. The highest BCUT2D eigenvalue weighted by Crippen LogP contribution is 2.31. The third-order valence-electron chi connectivity index (χ3n) is 6.04. The number of nitrogens with zero attached hydrogens (tertiary/aromatic N) is 4. The fourth-order valence-electron chi connectivity index (χ4n) is 4.34. The van der Waals surface area contributed by atoms with Crippen LogP contribution in [0.25, 0.3) is 33.5 Å². The first-order valence-corrected chi connectivity index (χ1v) is 9.53. The van der Waals surface area contributed by atoms with E-state index in [4.69, 9.17) is 9.97 Å². The lowest BCUT2D eigenvalue weighted by Gasteiger charge is -2.39. The fourth-order valence-corrected chi connectivity index (χ4v) is 4.34. The minimum absolute atomic E-state index is 0.787. The van der Waals surface area contributed by atoms with Gasteiger partial charge in [0.1, 0.15) is 11.6 Å². The van der Waals surface area contributed by atoms with E-state index < -0.39 is 0 Å². The number of hydrogen-bond acceptors (Lipinski definition) is 3. The minimum atomic E-state index is 0.787. The molecule has 0 saturated heterocycles. The first-order chi connectivity index (χ1) is 12.8. The van der Waals surface area contributed by atoms with E-state index in [1.54, 1.807) is 0 Å². The van der Waals surface area contributed by atoms with Crippen LogP contribution in [0.5, 0.6) is 0 Å². The Morgan fingerprint density at radius 1 is 0.962 bits per heavy atom. The molecule has 1 aliphatic carbocycles. The Morgan fingerprint density at radius 2 is 1.88 bits per heavy atom. The van der Waals surface area contributed by atoms with Crippen molar-refractivity contribution in [1.29, 1.82) is 0 Å². The molecule has 0 amide bonds. The Morgan fingerprint density at radius 3 is 2.73 bits per heavy atom. The number of nitrogens with one attached hydrogen (secondary N) is 1. The summed E-state index contributed by atoms with van der Waals surface area (Å²) in [6.45, 7) is 3.18. The molecular formula is C21H21N5. The van der Waals surface area contributed by atoms with Gasteiger partial charge in [-0.3, -0.25) is 4.90 Å². The maximum absolute atomic E-state index is 4.96. The van der Waals surface area contributed by atoms with E-state index in [0.717, 1.165) is 53.6 Å². The zero-order chi connectivity index (χ0) is 17.1. The van der Waals surface area contributed by atoms with Crippen molar-refractivity contribution in [2.24, 2.45) is 0 Å². The van der Waals surface area contributed by atoms with Crippen molar-refractivity contribution in [1.82, 2.24) is 24.4 Å². The Labute approximate surface area is 151 Å². The predicted octanol–water partition coefficient (Wildman–Crippen LogP) is 3.95. The summed E-state index contributed by atoms with van der Waals surface area (Å²) in [6.07, 6.45) is 4.10. The summed E-state index contributed by atoms with van der Waals surface area (Å²) in [5, 5.41) is 0. The van der Waals surface area contributed by atoms with Gasteiger partial charge in [-0.15, -0.1) is 0 Å². The summed E-state index contributed by atoms with van der Waals surface area (Å²) >= 11 is 0. The van der Waals surface area contributed by atoms with Crippen LogP contribution in [0.1, 0.15) is 25.1 Å². The Bertz CT molecular complexity index is 1090. The highest BCUT2D eigenvalue weighted by Gasteiger charge is 2.29. The van der Waals surface area contributed by atoms with Crippen molar-refractivity contribution in [3.05, 3.63) is 48.3 Å². The van der Waals surface area contributed by atoms with Crippen molar-refractivity contribution in [2.75, 3.05) is 6.54 Å². The second-order valence-corrected chi connectivity index (χ2v) is 7.54. The lowest BCUT2D eigenvalue weighted by molar-refractivity contribution is 0.0966. The molecule has 1 fully saturated rings. The van der Waals surface area contributed by atoms with Crippen molar-refractivity contribution >= 4 is 22.1 Å². The minimum Gasteiger partial charge on any atom is -0.338 e. The van der Waals surface area contributed by atoms with E-state index in [0.29, 0.717) is 0 Å². The monoisotopic (exact) mass is 343 g/mol. The lowest BCUT2D eigenvalue weighted by Crippen LogP contribution is -2.44. The molecule has 0 bridgehead atoms. The van der Waals surface area contributed by atoms with Crippen LogP contribution in [0.2, 0.25) is 0 Å². The molecule has 2 aromatic heterocycles. The van der Waals surface area contributed by atoms with Gasteiger partial charge in [0, 0.05) is 24.7 Å². The van der Waals surface area contributed by atoms with Gasteiger partial charge in [-0.2, -0.15) is 0 Å². The van der Waals surface area contributed by atoms with Gasteiger partial charge >= 0.3 is 0 Å². The largest absolute Gasteiger partial charge is 0.338 e. The molecule has 3 heterocycles. The van der Waals surface area contributed by atoms with Gasteiger partial charge in [-0.1, -0.05) is 18.6 Å². The van der Waals surface area contributed by atoms with Crippen LogP contribution in [0, 0.1) is 0 Å². The molecule has 1 saturated carbocycles. The Balaban J connectivity index is 1.40.